The summed E-state index contributed by atoms with van der Waals surface area (Å²) in [5.41, 5.74) is 0. The van der Waals surface area contributed by atoms with E-state index in [0.29, 0.717) is 25.6 Å². The molecule has 5 heteroatoms. The average molecular weight is 240 g/mol. The van der Waals surface area contributed by atoms with Gasteiger partial charge in [0, 0.05) is 4.90 Å². The van der Waals surface area contributed by atoms with E-state index in [1.807, 2.05) is 6.07 Å². The van der Waals surface area contributed by atoms with Gasteiger partial charge in [-0.25, -0.2) is 4.79 Å². The number of ether oxygens (including phenoxy) is 3. The Balaban J connectivity index is 2.08. The minimum atomic E-state index is -0.306. The third-order valence-electron chi connectivity index (χ3n) is 1.98. The second-order valence-corrected chi connectivity index (χ2v) is 4.10. The molecule has 16 heavy (non-hydrogen) atoms. The summed E-state index contributed by atoms with van der Waals surface area (Å²) in [6, 6.07) is 5.40. The van der Waals surface area contributed by atoms with Crippen LogP contribution in [0.1, 0.15) is 6.92 Å². The maximum absolute atomic E-state index is 11.2. The summed E-state index contributed by atoms with van der Waals surface area (Å²) < 4.78 is 15.6. The standard InChI is InChI=1S/C11H12O4S/c1-2-13-11(12)16-8-3-4-9-10(7-8)15-6-5-14-9/h3-4,7H,2,5-6H2,1H3. The van der Waals surface area contributed by atoms with Gasteiger partial charge >= 0.3 is 5.30 Å². The fraction of sp³-hybridized carbons (Fsp3) is 0.364. The molecule has 4 nitrogen and oxygen atoms in total. The first kappa shape index (κ1) is 11.1. The molecule has 0 amide bonds. The number of carbonyl (C=O) groups excluding carboxylic acids is 1. The summed E-state index contributed by atoms with van der Waals surface area (Å²) in [5.74, 6) is 1.40. The Morgan fingerprint density at radius 2 is 2.12 bits per heavy atom. The van der Waals surface area contributed by atoms with Crippen LogP contribution in [0.2, 0.25) is 0 Å². The van der Waals surface area contributed by atoms with Crippen molar-refractivity contribution in [2.24, 2.45) is 0 Å². The average Bonchev–Trinajstić information content (AvgIpc) is 2.29. The number of rotatable bonds is 2. The molecule has 1 aromatic carbocycles. The molecule has 0 saturated heterocycles. The Hall–Kier alpha value is -1.36. The SMILES string of the molecule is CCOC(=O)Sc1ccc2c(c1)OCCO2. The second-order valence-electron chi connectivity index (χ2n) is 3.09. The van der Waals surface area contributed by atoms with Crippen molar-refractivity contribution < 1.29 is 19.0 Å². The molecular formula is C11H12O4S. The van der Waals surface area contributed by atoms with Crippen molar-refractivity contribution in [2.75, 3.05) is 19.8 Å². The highest BCUT2D eigenvalue weighted by atomic mass is 32.2. The molecule has 86 valence electrons. The topological polar surface area (TPSA) is 44.8 Å². The van der Waals surface area contributed by atoms with E-state index in [1.54, 1.807) is 19.1 Å². The van der Waals surface area contributed by atoms with E-state index in [4.69, 9.17) is 14.2 Å². The number of fused-ring (bicyclic) bond motifs is 1. The lowest BCUT2D eigenvalue weighted by Gasteiger charge is -2.18. The molecule has 1 aromatic rings. The predicted octanol–water partition coefficient (Wildman–Crippen LogP) is 2.71. The van der Waals surface area contributed by atoms with Gasteiger partial charge in [0.2, 0.25) is 0 Å². The van der Waals surface area contributed by atoms with Gasteiger partial charge in [-0.2, -0.15) is 0 Å². The van der Waals surface area contributed by atoms with Crippen LogP contribution in [0.25, 0.3) is 0 Å². The monoisotopic (exact) mass is 240 g/mol. The predicted molar refractivity (Wildman–Crippen MR) is 60.3 cm³/mol. The van der Waals surface area contributed by atoms with Gasteiger partial charge in [0.05, 0.1) is 6.61 Å². The maximum atomic E-state index is 11.2. The van der Waals surface area contributed by atoms with E-state index in [2.05, 4.69) is 0 Å². The lowest BCUT2D eigenvalue weighted by atomic mass is 10.3. The van der Waals surface area contributed by atoms with Crippen molar-refractivity contribution in [1.29, 1.82) is 0 Å². The summed E-state index contributed by atoms with van der Waals surface area (Å²) in [6.07, 6.45) is 0. The van der Waals surface area contributed by atoms with Crippen molar-refractivity contribution in [2.45, 2.75) is 11.8 Å². The Morgan fingerprint density at radius 1 is 1.38 bits per heavy atom. The summed E-state index contributed by atoms with van der Waals surface area (Å²) in [5, 5.41) is -0.306. The van der Waals surface area contributed by atoms with Crippen LogP contribution >= 0.6 is 11.8 Å². The Bertz CT molecular complexity index is 392. The van der Waals surface area contributed by atoms with Crippen molar-refractivity contribution in [1.82, 2.24) is 0 Å². The number of benzene rings is 1. The van der Waals surface area contributed by atoms with Crippen LogP contribution in [0.3, 0.4) is 0 Å². The van der Waals surface area contributed by atoms with E-state index in [9.17, 15) is 4.79 Å². The molecule has 0 bridgehead atoms. The van der Waals surface area contributed by atoms with E-state index in [-0.39, 0.29) is 5.30 Å². The van der Waals surface area contributed by atoms with Crippen LogP contribution in [0.5, 0.6) is 11.5 Å². The zero-order chi connectivity index (χ0) is 11.4. The lowest BCUT2D eigenvalue weighted by molar-refractivity contribution is 0.171. The molecule has 0 saturated carbocycles. The van der Waals surface area contributed by atoms with Gasteiger partial charge in [-0.05, 0) is 36.9 Å². The highest BCUT2D eigenvalue weighted by Crippen LogP contribution is 2.34. The molecule has 0 N–H and O–H groups in total. The molecule has 2 rings (SSSR count). The first-order chi connectivity index (χ1) is 7.79. The quantitative estimate of drug-likeness (QED) is 0.587. The lowest BCUT2D eigenvalue weighted by Crippen LogP contribution is -2.15. The van der Waals surface area contributed by atoms with Gasteiger partial charge < -0.3 is 14.2 Å². The molecule has 0 unspecified atom stereocenters. The fourth-order valence-electron chi connectivity index (χ4n) is 1.33. The van der Waals surface area contributed by atoms with Gasteiger partial charge in [-0.3, -0.25) is 0 Å². The van der Waals surface area contributed by atoms with E-state index < -0.39 is 0 Å². The normalized spacial score (nSPS) is 13.3. The second kappa shape index (κ2) is 5.12. The third-order valence-corrected chi connectivity index (χ3v) is 2.75. The molecule has 0 aromatic heterocycles. The number of hydrogen-bond donors (Lipinski definition) is 0. The molecule has 1 aliphatic rings. The van der Waals surface area contributed by atoms with Gasteiger partial charge in [-0.1, -0.05) is 0 Å². The smallest absolute Gasteiger partial charge is 0.372 e. The molecule has 1 aliphatic heterocycles. The van der Waals surface area contributed by atoms with E-state index >= 15 is 0 Å². The summed E-state index contributed by atoms with van der Waals surface area (Å²) in [7, 11) is 0. The van der Waals surface area contributed by atoms with Gasteiger partial charge in [-0.15, -0.1) is 0 Å². The molecule has 0 spiro atoms. The fourth-order valence-corrected chi connectivity index (χ4v) is 2.00. The highest BCUT2D eigenvalue weighted by molar-refractivity contribution is 8.13. The Morgan fingerprint density at radius 3 is 2.88 bits per heavy atom. The molecule has 1 heterocycles. The molecule has 0 aliphatic carbocycles. The maximum Gasteiger partial charge on any atom is 0.372 e. The number of carbonyl (C=O) groups is 1. The van der Waals surface area contributed by atoms with E-state index in [1.165, 1.54) is 0 Å². The molecule has 0 fully saturated rings. The zero-order valence-corrected chi connectivity index (χ0v) is 9.71. The van der Waals surface area contributed by atoms with Crippen LogP contribution in [0.15, 0.2) is 23.1 Å². The number of thioether (sulfide) groups is 1. The van der Waals surface area contributed by atoms with Gasteiger partial charge in [0.1, 0.15) is 13.2 Å². The highest BCUT2D eigenvalue weighted by Gasteiger charge is 2.13. The summed E-state index contributed by atoms with van der Waals surface area (Å²) >= 11 is 1.04. The third kappa shape index (κ3) is 2.61. The van der Waals surface area contributed by atoms with Gasteiger partial charge in [0.15, 0.2) is 11.5 Å². The number of hydrogen-bond acceptors (Lipinski definition) is 5. The first-order valence-electron chi connectivity index (χ1n) is 5.04. The van der Waals surface area contributed by atoms with Crippen molar-refractivity contribution >= 4 is 17.1 Å². The Labute approximate surface area is 97.9 Å². The molecule has 0 atom stereocenters. The van der Waals surface area contributed by atoms with Crippen LogP contribution in [0.4, 0.5) is 4.79 Å². The Kier molecular flexibility index (Phi) is 3.56. The van der Waals surface area contributed by atoms with E-state index in [0.717, 1.165) is 22.4 Å². The summed E-state index contributed by atoms with van der Waals surface area (Å²) in [4.78, 5) is 12.0. The van der Waals surface area contributed by atoms with Crippen LogP contribution in [-0.4, -0.2) is 25.1 Å². The van der Waals surface area contributed by atoms with Crippen molar-refractivity contribution in [3.05, 3.63) is 18.2 Å². The van der Waals surface area contributed by atoms with Gasteiger partial charge in [0.25, 0.3) is 0 Å². The zero-order valence-electron chi connectivity index (χ0n) is 8.89. The van der Waals surface area contributed by atoms with Crippen LogP contribution in [-0.2, 0) is 4.74 Å². The first-order valence-corrected chi connectivity index (χ1v) is 5.85. The largest absolute Gasteiger partial charge is 0.486 e. The summed E-state index contributed by atoms with van der Waals surface area (Å²) in [6.45, 7) is 3.27. The minimum absolute atomic E-state index is 0.306. The minimum Gasteiger partial charge on any atom is -0.486 e. The van der Waals surface area contributed by atoms with Crippen molar-refractivity contribution in [3.8, 4) is 11.5 Å². The van der Waals surface area contributed by atoms with Crippen LogP contribution in [0, 0.1) is 0 Å². The van der Waals surface area contributed by atoms with Crippen molar-refractivity contribution in [3.63, 3.8) is 0 Å². The molecular weight excluding hydrogens is 228 g/mol. The van der Waals surface area contributed by atoms with Crippen LogP contribution < -0.4 is 9.47 Å². The molecule has 0 radical (unpaired) electrons.